The Morgan fingerprint density at radius 1 is 1.38 bits per heavy atom. The van der Waals surface area contributed by atoms with Crippen LogP contribution in [0.5, 0.6) is 5.75 Å². The van der Waals surface area contributed by atoms with E-state index in [9.17, 15) is 0 Å². The molecule has 0 spiro atoms. The van der Waals surface area contributed by atoms with Crippen molar-refractivity contribution in [1.29, 1.82) is 0 Å². The second kappa shape index (κ2) is 10.5. The first-order valence-electron chi connectivity index (χ1n) is 8.46. The lowest BCUT2D eigenvalue weighted by Gasteiger charge is -2.27. The molecule has 1 fully saturated rings. The number of benzene rings is 1. The van der Waals surface area contributed by atoms with Gasteiger partial charge in [-0.1, -0.05) is 17.7 Å². The van der Waals surface area contributed by atoms with Crippen molar-refractivity contribution in [2.75, 3.05) is 33.5 Å². The van der Waals surface area contributed by atoms with Crippen LogP contribution in [-0.2, 0) is 15.9 Å². The summed E-state index contributed by atoms with van der Waals surface area (Å²) < 4.78 is 16.2. The predicted molar refractivity (Wildman–Crippen MR) is 97.2 cm³/mol. The van der Waals surface area contributed by atoms with Crippen LogP contribution in [0.25, 0.3) is 0 Å². The minimum Gasteiger partial charge on any atom is -0.492 e. The van der Waals surface area contributed by atoms with E-state index in [4.69, 9.17) is 31.5 Å². The van der Waals surface area contributed by atoms with Gasteiger partial charge in [0.2, 0.25) is 0 Å². The number of rotatable bonds is 9. The van der Waals surface area contributed by atoms with Crippen molar-refractivity contribution in [3.63, 3.8) is 0 Å². The SMILES string of the molecule is COCCCOc1cc(CC(N=CN)C2CCOCC2)ccc1Cl. The summed E-state index contributed by atoms with van der Waals surface area (Å²) in [6, 6.07) is 6.09. The van der Waals surface area contributed by atoms with Crippen LogP contribution in [0.4, 0.5) is 0 Å². The fourth-order valence-corrected chi connectivity index (χ4v) is 3.14. The van der Waals surface area contributed by atoms with E-state index in [1.807, 2.05) is 18.2 Å². The molecule has 24 heavy (non-hydrogen) atoms. The minimum atomic E-state index is 0.168. The van der Waals surface area contributed by atoms with Crippen molar-refractivity contribution < 1.29 is 14.2 Å². The molecule has 1 aliphatic rings. The molecule has 0 amide bonds. The van der Waals surface area contributed by atoms with Crippen molar-refractivity contribution in [3.8, 4) is 5.75 Å². The average Bonchev–Trinajstić information content (AvgIpc) is 2.61. The largest absolute Gasteiger partial charge is 0.492 e. The Kier molecular flexibility index (Phi) is 8.36. The monoisotopic (exact) mass is 354 g/mol. The van der Waals surface area contributed by atoms with Gasteiger partial charge in [-0.3, -0.25) is 4.99 Å². The molecule has 6 heteroatoms. The summed E-state index contributed by atoms with van der Waals surface area (Å²) in [4.78, 5) is 4.49. The third-order valence-electron chi connectivity index (χ3n) is 4.28. The topological polar surface area (TPSA) is 66.1 Å². The van der Waals surface area contributed by atoms with Gasteiger partial charge in [-0.2, -0.15) is 0 Å². The molecule has 0 saturated carbocycles. The molecule has 2 rings (SSSR count). The molecule has 0 aliphatic carbocycles. The fraction of sp³-hybridized carbons (Fsp3) is 0.611. The van der Waals surface area contributed by atoms with E-state index in [1.54, 1.807) is 7.11 Å². The first kappa shape index (κ1) is 19.0. The molecule has 1 aromatic rings. The molecule has 0 bridgehead atoms. The van der Waals surface area contributed by atoms with Crippen LogP contribution < -0.4 is 10.5 Å². The van der Waals surface area contributed by atoms with E-state index in [2.05, 4.69) is 4.99 Å². The Hall–Kier alpha value is -1.30. The lowest BCUT2D eigenvalue weighted by atomic mass is 9.88. The van der Waals surface area contributed by atoms with Gasteiger partial charge >= 0.3 is 0 Å². The third kappa shape index (κ3) is 5.96. The third-order valence-corrected chi connectivity index (χ3v) is 4.59. The Morgan fingerprint density at radius 3 is 2.88 bits per heavy atom. The number of nitrogens with two attached hydrogens (primary N) is 1. The molecular formula is C18H27ClN2O3. The van der Waals surface area contributed by atoms with Gasteiger partial charge in [-0.25, -0.2) is 0 Å². The molecule has 0 aromatic heterocycles. The van der Waals surface area contributed by atoms with Crippen LogP contribution in [0.15, 0.2) is 23.2 Å². The maximum atomic E-state index is 6.23. The summed E-state index contributed by atoms with van der Waals surface area (Å²) in [6.07, 6.45) is 5.12. The molecule has 0 radical (unpaired) electrons. The Balaban J connectivity index is 2.00. The molecule has 1 aromatic carbocycles. The van der Waals surface area contributed by atoms with E-state index in [1.165, 1.54) is 6.34 Å². The van der Waals surface area contributed by atoms with Crippen LogP contribution >= 0.6 is 11.6 Å². The summed E-state index contributed by atoms with van der Waals surface area (Å²) in [5, 5.41) is 0.626. The lowest BCUT2D eigenvalue weighted by Crippen LogP contribution is -2.28. The zero-order chi connectivity index (χ0) is 17.2. The Morgan fingerprint density at radius 2 is 2.17 bits per heavy atom. The quantitative estimate of drug-likeness (QED) is 0.420. The lowest BCUT2D eigenvalue weighted by molar-refractivity contribution is 0.0588. The number of nitrogens with zero attached hydrogens (tertiary/aromatic N) is 1. The molecule has 5 nitrogen and oxygen atoms in total. The van der Waals surface area contributed by atoms with Crippen LogP contribution in [-0.4, -0.2) is 45.9 Å². The van der Waals surface area contributed by atoms with E-state index in [-0.39, 0.29) is 6.04 Å². The molecule has 1 atom stereocenters. The predicted octanol–water partition coefficient (Wildman–Crippen LogP) is 3.08. The van der Waals surface area contributed by atoms with E-state index in [0.717, 1.165) is 44.5 Å². The zero-order valence-corrected chi connectivity index (χ0v) is 15.0. The second-order valence-corrected chi connectivity index (χ2v) is 6.39. The zero-order valence-electron chi connectivity index (χ0n) is 14.2. The molecule has 1 heterocycles. The molecular weight excluding hydrogens is 328 g/mol. The van der Waals surface area contributed by atoms with E-state index >= 15 is 0 Å². The molecule has 1 aliphatic heterocycles. The molecule has 1 saturated heterocycles. The van der Waals surface area contributed by atoms with Gasteiger partial charge in [0.05, 0.1) is 24.0 Å². The maximum absolute atomic E-state index is 6.23. The highest BCUT2D eigenvalue weighted by Crippen LogP contribution is 2.29. The average molecular weight is 355 g/mol. The van der Waals surface area contributed by atoms with Crippen LogP contribution in [0.1, 0.15) is 24.8 Å². The van der Waals surface area contributed by atoms with Crippen LogP contribution in [0, 0.1) is 5.92 Å². The standard InChI is InChI=1S/C18H27ClN2O3/c1-22-7-2-8-24-18-12-14(3-4-16(18)19)11-17(21-13-20)15-5-9-23-10-6-15/h3-4,12-13,15,17H,2,5-11H2,1H3,(H2,20,21). The highest BCUT2D eigenvalue weighted by molar-refractivity contribution is 6.32. The van der Waals surface area contributed by atoms with Gasteiger partial charge in [-0.15, -0.1) is 0 Å². The van der Waals surface area contributed by atoms with Crippen molar-refractivity contribution >= 4 is 17.9 Å². The number of halogens is 1. The van der Waals surface area contributed by atoms with Gasteiger partial charge in [0, 0.05) is 33.4 Å². The number of ether oxygens (including phenoxy) is 3. The van der Waals surface area contributed by atoms with Crippen molar-refractivity contribution in [2.45, 2.75) is 31.7 Å². The van der Waals surface area contributed by atoms with E-state index in [0.29, 0.717) is 29.9 Å². The highest BCUT2D eigenvalue weighted by Gasteiger charge is 2.23. The number of methoxy groups -OCH3 is 1. The van der Waals surface area contributed by atoms with Gasteiger partial charge in [0.1, 0.15) is 5.75 Å². The molecule has 1 unspecified atom stereocenters. The first-order valence-corrected chi connectivity index (χ1v) is 8.83. The van der Waals surface area contributed by atoms with Gasteiger partial charge in [0.15, 0.2) is 0 Å². The van der Waals surface area contributed by atoms with E-state index < -0.39 is 0 Å². The first-order chi connectivity index (χ1) is 11.7. The summed E-state index contributed by atoms with van der Waals surface area (Å²) in [5.74, 6) is 1.22. The molecule has 2 N–H and O–H groups in total. The Bertz CT molecular complexity index is 519. The minimum absolute atomic E-state index is 0.168. The smallest absolute Gasteiger partial charge is 0.138 e. The van der Waals surface area contributed by atoms with Crippen molar-refractivity contribution in [3.05, 3.63) is 28.8 Å². The maximum Gasteiger partial charge on any atom is 0.138 e. The van der Waals surface area contributed by atoms with Crippen LogP contribution in [0.3, 0.4) is 0 Å². The number of aliphatic imine (C=N–C) groups is 1. The summed E-state index contributed by atoms with van der Waals surface area (Å²) in [6.45, 7) is 2.86. The Labute approximate surface area is 149 Å². The highest BCUT2D eigenvalue weighted by atomic mass is 35.5. The number of hydrogen-bond acceptors (Lipinski definition) is 4. The van der Waals surface area contributed by atoms with Crippen molar-refractivity contribution in [1.82, 2.24) is 0 Å². The summed E-state index contributed by atoms with van der Waals surface area (Å²) in [5.41, 5.74) is 6.71. The second-order valence-electron chi connectivity index (χ2n) is 5.98. The van der Waals surface area contributed by atoms with Gasteiger partial charge in [0.25, 0.3) is 0 Å². The number of hydrogen-bond donors (Lipinski definition) is 1. The normalized spacial score (nSPS) is 17.2. The van der Waals surface area contributed by atoms with Crippen LogP contribution in [0.2, 0.25) is 5.02 Å². The van der Waals surface area contributed by atoms with Gasteiger partial charge in [-0.05, 0) is 42.9 Å². The van der Waals surface area contributed by atoms with Crippen molar-refractivity contribution in [2.24, 2.45) is 16.6 Å². The molecule has 134 valence electrons. The van der Waals surface area contributed by atoms with Gasteiger partial charge < -0.3 is 19.9 Å². The summed E-state index contributed by atoms with van der Waals surface area (Å²) >= 11 is 6.23. The fourth-order valence-electron chi connectivity index (χ4n) is 2.96. The summed E-state index contributed by atoms with van der Waals surface area (Å²) in [7, 11) is 1.68.